The molecule has 5 heteroatoms. The Hall–Kier alpha value is -1.33. The van der Waals surface area contributed by atoms with Crippen molar-refractivity contribution < 1.29 is 27.2 Å². The Morgan fingerprint density at radius 2 is 1.73 bits per heavy atom. The average molecular weight is 551 g/mol. The Bertz CT molecular complexity index is 762. The van der Waals surface area contributed by atoms with Crippen LogP contribution in [0.3, 0.4) is 0 Å². The van der Waals surface area contributed by atoms with Crippen molar-refractivity contribution in [3.63, 3.8) is 0 Å². The predicted octanol–water partition coefficient (Wildman–Crippen LogP) is 6.94. The molecule has 1 unspecified atom stereocenters. The molecule has 0 spiro atoms. The first-order valence-corrected chi connectivity index (χ1v) is 10.5. The van der Waals surface area contributed by atoms with Crippen molar-refractivity contribution >= 4 is 27.9 Å². The van der Waals surface area contributed by atoms with Crippen LogP contribution < -0.4 is 0 Å². The molecule has 165 valence electrons. The van der Waals surface area contributed by atoms with Crippen LogP contribution in [0.4, 0.5) is 0 Å². The SMILES string of the molecule is CC.[CH2-]/C(C)=C/c1c(Br)ccnc1C.[CH2-]CC([CH2-])c1ccc(C(=O)N(C)C)cc1.[Nb]. The zero-order valence-corrected chi connectivity index (χ0v) is 22.9. The second-order valence-electron chi connectivity index (χ2n) is 6.59. The molecule has 0 saturated carbocycles. The minimum Gasteiger partial charge on any atom is -0.345 e. The van der Waals surface area contributed by atoms with Crippen molar-refractivity contribution in [1.29, 1.82) is 0 Å². The molecule has 1 aromatic heterocycles. The Kier molecular flexibility index (Phi) is 16.8. The number of rotatable bonds is 4. The van der Waals surface area contributed by atoms with E-state index in [9.17, 15) is 4.79 Å². The van der Waals surface area contributed by atoms with Gasteiger partial charge < -0.3 is 18.7 Å². The first-order chi connectivity index (χ1) is 13.7. The summed E-state index contributed by atoms with van der Waals surface area (Å²) in [7, 11) is 3.49. The maximum atomic E-state index is 11.6. The smallest absolute Gasteiger partial charge is 0.253 e. The molecule has 0 saturated heterocycles. The number of allylic oxidation sites excluding steroid dienone is 1. The number of hydrogen-bond donors (Lipinski definition) is 0. The molecular weight excluding hydrogens is 517 g/mol. The molecule has 1 atom stereocenters. The number of carbonyl (C=O) groups is 1. The van der Waals surface area contributed by atoms with Crippen LogP contribution in [0, 0.1) is 27.7 Å². The Labute approximate surface area is 208 Å². The Morgan fingerprint density at radius 3 is 2.13 bits per heavy atom. The zero-order chi connectivity index (χ0) is 22.6. The molecule has 30 heavy (non-hydrogen) atoms. The summed E-state index contributed by atoms with van der Waals surface area (Å²) < 4.78 is 1.07. The number of aryl methyl sites for hydroxylation is 1. The molecule has 1 radical (unpaired) electrons. The quantitative estimate of drug-likeness (QED) is 0.305. The van der Waals surface area contributed by atoms with Crippen LogP contribution in [-0.4, -0.2) is 29.9 Å². The third kappa shape index (κ3) is 10.6. The van der Waals surface area contributed by atoms with E-state index in [2.05, 4.69) is 41.7 Å². The summed E-state index contributed by atoms with van der Waals surface area (Å²) in [4.78, 5) is 17.4. The van der Waals surface area contributed by atoms with Crippen molar-refractivity contribution in [3.05, 3.63) is 89.7 Å². The van der Waals surface area contributed by atoms with Crippen LogP contribution in [-0.2, 0) is 22.4 Å². The Morgan fingerprint density at radius 1 is 1.20 bits per heavy atom. The van der Waals surface area contributed by atoms with E-state index in [1.165, 1.54) is 0 Å². The fourth-order valence-electron chi connectivity index (χ4n) is 2.29. The van der Waals surface area contributed by atoms with E-state index in [0.717, 1.165) is 33.3 Å². The molecule has 0 fully saturated rings. The van der Waals surface area contributed by atoms with Crippen LogP contribution in [0.5, 0.6) is 0 Å². The summed E-state index contributed by atoms with van der Waals surface area (Å²) in [5.41, 5.74) is 5.00. The fraction of sp³-hybridized carbons (Fsp3) is 0.320. The molecular formula is C25H34BrN2NbO-3. The summed E-state index contributed by atoms with van der Waals surface area (Å²) in [6, 6.07) is 9.50. The van der Waals surface area contributed by atoms with Gasteiger partial charge in [-0.05, 0) is 25.1 Å². The molecule has 2 rings (SSSR count). The van der Waals surface area contributed by atoms with Crippen molar-refractivity contribution in [1.82, 2.24) is 9.88 Å². The van der Waals surface area contributed by atoms with Gasteiger partial charge in [0.15, 0.2) is 0 Å². The number of halogens is 1. The molecule has 1 aromatic carbocycles. The third-order valence-corrected chi connectivity index (χ3v) is 4.60. The van der Waals surface area contributed by atoms with Gasteiger partial charge in [0.2, 0.25) is 0 Å². The summed E-state index contributed by atoms with van der Waals surface area (Å²) in [6.07, 6.45) is 4.57. The normalized spacial score (nSPS) is 11.0. The topological polar surface area (TPSA) is 33.2 Å². The van der Waals surface area contributed by atoms with Gasteiger partial charge in [-0.25, -0.2) is 18.9 Å². The van der Waals surface area contributed by atoms with Gasteiger partial charge in [-0.3, -0.25) is 9.78 Å². The summed E-state index contributed by atoms with van der Waals surface area (Å²) in [5, 5.41) is 0. The van der Waals surface area contributed by atoms with E-state index in [0.29, 0.717) is 5.56 Å². The summed E-state index contributed by atoms with van der Waals surface area (Å²) in [5.74, 6) is 0.227. The molecule has 0 aliphatic heterocycles. The van der Waals surface area contributed by atoms with Crippen LogP contribution in [0.2, 0.25) is 0 Å². The minimum absolute atomic E-state index is 0. The fourth-order valence-corrected chi connectivity index (χ4v) is 2.81. The van der Waals surface area contributed by atoms with Gasteiger partial charge in [-0.1, -0.05) is 60.0 Å². The van der Waals surface area contributed by atoms with E-state index in [1.54, 1.807) is 25.2 Å². The van der Waals surface area contributed by atoms with Gasteiger partial charge in [0.05, 0.1) is 0 Å². The number of carbonyl (C=O) groups excluding carboxylic acids is 1. The number of hydrogen-bond acceptors (Lipinski definition) is 2. The third-order valence-electron chi connectivity index (χ3n) is 3.91. The van der Waals surface area contributed by atoms with Crippen molar-refractivity contribution in [2.24, 2.45) is 0 Å². The second kappa shape index (κ2) is 16.4. The van der Waals surface area contributed by atoms with Crippen LogP contribution >= 0.6 is 15.9 Å². The molecule has 1 amide bonds. The molecule has 0 bridgehead atoms. The maximum Gasteiger partial charge on any atom is 0.253 e. The molecule has 3 nitrogen and oxygen atoms in total. The van der Waals surface area contributed by atoms with Gasteiger partial charge in [-0.15, -0.1) is 0 Å². The minimum atomic E-state index is 0. The largest absolute Gasteiger partial charge is 0.345 e. The van der Waals surface area contributed by atoms with E-state index in [1.807, 2.05) is 64.1 Å². The summed E-state index contributed by atoms with van der Waals surface area (Å²) >= 11 is 3.46. The molecule has 0 aliphatic rings. The molecule has 1 heterocycles. The van der Waals surface area contributed by atoms with E-state index >= 15 is 0 Å². The number of benzene rings is 1. The molecule has 2 aromatic rings. The number of nitrogens with zero attached hydrogens (tertiary/aromatic N) is 2. The van der Waals surface area contributed by atoms with Crippen molar-refractivity contribution in [3.8, 4) is 0 Å². The van der Waals surface area contributed by atoms with Crippen LogP contribution in [0.15, 0.2) is 46.6 Å². The second-order valence-corrected chi connectivity index (χ2v) is 7.44. The van der Waals surface area contributed by atoms with E-state index in [4.69, 9.17) is 0 Å². The van der Waals surface area contributed by atoms with Gasteiger partial charge in [0.25, 0.3) is 5.91 Å². The summed E-state index contributed by atoms with van der Waals surface area (Å²) in [6.45, 7) is 19.6. The molecule has 0 N–H and O–H groups in total. The molecule has 0 aliphatic carbocycles. The van der Waals surface area contributed by atoms with Crippen LogP contribution in [0.25, 0.3) is 6.08 Å². The first-order valence-electron chi connectivity index (χ1n) is 9.72. The van der Waals surface area contributed by atoms with Gasteiger partial charge in [0, 0.05) is 58.4 Å². The van der Waals surface area contributed by atoms with Crippen LogP contribution in [0.1, 0.15) is 60.3 Å². The van der Waals surface area contributed by atoms with Gasteiger partial charge >= 0.3 is 0 Å². The standard InChI is InChI=1S/C13H17NO.C10H11BrN.C2H6.Nb/c1-5-10(2)11-6-8-12(9-7-11)13(15)14(3)4;1-7(2)6-9-8(3)12-5-4-10(9)11;1-2;/h6-10H,1-2,5H2,3-4H3;4-6H,1H2,2-3H3;1-2H3;/q-2;-1;;/b;7-6-;;. The number of aromatic nitrogens is 1. The monoisotopic (exact) mass is 550 g/mol. The maximum absolute atomic E-state index is 11.6. The van der Waals surface area contributed by atoms with E-state index in [-0.39, 0.29) is 34.2 Å². The zero-order valence-electron chi connectivity index (χ0n) is 19.1. The van der Waals surface area contributed by atoms with Gasteiger partial charge in [-0.2, -0.15) is 12.0 Å². The predicted molar refractivity (Wildman–Crippen MR) is 130 cm³/mol. The number of pyridine rings is 1. The average Bonchev–Trinajstić information content (AvgIpc) is 2.71. The van der Waals surface area contributed by atoms with Crippen molar-refractivity contribution in [2.75, 3.05) is 14.1 Å². The first kappa shape index (κ1) is 30.9. The van der Waals surface area contributed by atoms with Crippen molar-refractivity contribution in [2.45, 2.75) is 40.0 Å². The Balaban J connectivity index is 0. The van der Waals surface area contributed by atoms with Gasteiger partial charge in [0.1, 0.15) is 0 Å². The number of amides is 1. The van der Waals surface area contributed by atoms with E-state index < -0.39 is 0 Å².